The monoisotopic (exact) mass is 302 g/mol. The highest BCUT2D eigenvalue weighted by Gasteiger charge is 2.22. The van der Waals surface area contributed by atoms with E-state index in [0.29, 0.717) is 9.88 Å². The molecule has 0 aliphatic carbocycles. The summed E-state index contributed by atoms with van der Waals surface area (Å²) in [6.07, 6.45) is -6.30. The standard InChI is InChI=1S/C16H21N3O2/c1-19(2)6-5-12-9-17-15-4-3-11(8-14(12)15)7-13-10-21-16(20)18-13/h3-4,8-9,13,17H,5-7,10H2,1-2H3,(H,18,20)/t13-/m0/s1/i1D3,3D,4D,6D2,7D2,8D,9D,10D2/hD2. The molecule has 3 rings (SSSR count). The number of carbonyl (C=O) groups is 1. The van der Waals surface area contributed by atoms with Gasteiger partial charge in [0.2, 0.25) is 0 Å². The lowest BCUT2D eigenvalue weighted by atomic mass is 10.0. The Hall–Kier alpha value is -2.01. The largest absolute Gasteiger partial charge is 0.447 e. The summed E-state index contributed by atoms with van der Waals surface area (Å²) < 4.78 is 125. The minimum atomic E-state index is -3.17. The Morgan fingerprint density at radius 3 is 3.38 bits per heavy atom. The summed E-state index contributed by atoms with van der Waals surface area (Å²) in [6, 6.07) is -5.03. The first-order valence-electron chi connectivity index (χ1n) is 13.4. The third kappa shape index (κ3) is 3.19. The highest BCUT2D eigenvalue weighted by atomic mass is 16.6. The van der Waals surface area contributed by atoms with E-state index in [1.165, 1.54) is 0 Å². The van der Waals surface area contributed by atoms with Crippen LogP contribution in [0.15, 0.2) is 24.3 Å². The first-order chi connectivity index (χ1) is 16.1. The first kappa shape index (κ1) is 4.74. The summed E-state index contributed by atoms with van der Waals surface area (Å²) in [4.78, 5) is 12.5. The lowest BCUT2D eigenvalue weighted by Crippen LogP contribution is -2.28. The van der Waals surface area contributed by atoms with Gasteiger partial charge in [-0.15, -0.1) is 0 Å². The van der Waals surface area contributed by atoms with Gasteiger partial charge in [0.15, 0.2) is 2.82 Å². The van der Waals surface area contributed by atoms with Gasteiger partial charge in [0.1, 0.15) is 6.56 Å². The molecule has 0 spiro atoms. The number of H-pyrrole nitrogens is 1. The van der Waals surface area contributed by atoms with Gasteiger partial charge in [0.05, 0.1) is 14.3 Å². The van der Waals surface area contributed by atoms with Gasteiger partial charge in [0.25, 0.3) is 0 Å². The first-order valence-corrected chi connectivity index (χ1v) is 5.97. The van der Waals surface area contributed by atoms with E-state index in [0.717, 1.165) is 7.05 Å². The average molecular weight is 302 g/mol. The number of rotatable bonds is 5. The summed E-state index contributed by atoms with van der Waals surface area (Å²) in [5.74, 6) is 0. The van der Waals surface area contributed by atoms with E-state index < -0.39 is 91.3 Å². The molecule has 1 aromatic heterocycles. The molecule has 112 valence electrons. The van der Waals surface area contributed by atoms with E-state index in [2.05, 4.69) is 4.74 Å². The molecular weight excluding hydrogens is 266 g/mol. The Balaban J connectivity index is 2.34. The molecule has 0 unspecified atom stereocenters. The molecule has 1 fully saturated rings. The molecular formula is C16H21N3O2. The molecule has 0 saturated carbocycles. The van der Waals surface area contributed by atoms with Crippen molar-refractivity contribution in [2.75, 3.05) is 27.1 Å². The van der Waals surface area contributed by atoms with Crippen LogP contribution >= 0.6 is 0 Å². The van der Waals surface area contributed by atoms with Crippen molar-refractivity contribution in [1.82, 2.24) is 15.2 Å². The lowest BCUT2D eigenvalue weighted by Gasteiger charge is -2.09. The van der Waals surface area contributed by atoms with Gasteiger partial charge >= 0.3 is 6.09 Å². The summed E-state index contributed by atoms with van der Waals surface area (Å²) >= 11 is 0. The number of benzene rings is 1. The van der Waals surface area contributed by atoms with Crippen molar-refractivity contribution in [3.05, 3.63) is 35.4 Å². The molecule has 0 radical (unpaired) electrons. The number of hydrogen-bond acceptors (Lipinski definition) is 3. The van der Waals surface area contributed by atoms with Gasteiger partial charge < -0.3 is 19.9 Å². The molecule has 0 bridgehead atoms. The smallest absolute Gasteiger partial charge is 0.407 e. The van der Waals surface area contributed by atoms with Crippen LogP contribution in [0.3, 0.4) is 0 Å². The van der Waals surface area contributed by atoms with Crippen LogP contribution in [-0.4, -0.2) is 49.1 Å². The zero-order valence-electron chi connectivity index (χ0n) is 25.9. The second kappa shape index (κ2) is 5.77. The molecule has 21 heavy (non-hydrogen) atoms. The zero-order valence-corrected chi connectivity index (χ0v) is 10.9. The van der Waals surface area contributed by atoms with Gasteiger partial charge in [-0.1, -0.05) is 6.04 Å². The maximum Gasteiger partial charge on any atom is 0.407 e. The van der Waals surface area contributed by atoms with E-state index in [4.69, 9.17) is 20.6 Å². The van der Waals surface area contributed by atoms with Gasteiger partial charge in [-0.05, 0) is 50.0 Å². The van der Waals surface area contributed by atoms with Crippen molar-refractivity contribution in [2.24, 2.45) is 0 Å². The van der Waals surface area contributed by atoms with Crippen LogP contribution in [0.1, 0.15) is 28.9 Å². The Kier molecular flexibility index (Phi) is 1.30. The molecule has 1 atom stereocenters. The lowest BCUT2D eigenvalue weighted by molar-refractivity contribution is 0.177. The molecule has 5 heteroatoms. The average Bonchev–Trinajstić information content (AvgIpc) is 3.07. The molecule has 1 aliphatic heterocycles. The minimum Gasteiger partial charge on any atom is -0.447 e. The van der Waals surface area contributed by atoms with Gasteiger partial charge in [-0.25, -0.2) is 4.79 Å². The number of ether oxygens (including phenoxy) is 1. The second-order valence-corrected chi connectivity index (χ2v) is 4.23. The second-order valence-electron chi connectivity index (χ2n) is 4.23. The summed E-state index contributed by atoms with van der Waals surface area (Å²) in [5.41, 5.74) is -1.87. The predicted octanol–water partition coefficient (Wildman–Crippen LogP) is 1.92. The topological polar surface area (TPSA) is 57.4 Å². The molecule has 5 nitrogen and oxygen atoms in total. The number of carbonyl (C=O) groups excluding carboxylic acids is 1. The molecule has 2 aromatic rings. The molecule has 2 heterocycles. The quantitative estimate of drug-likeness (QED) is 0.887. The highest BCUT2D eigenvalue weighted by molar-refractivity contribution is 5.84. The zero-order chi connectivity index (χ0) is 27.9. The van der Waals surface area contributed by atoms with Crippen LogP contribution in [0.25, 0.3) is 10.9 Å². The van der Waals surface area contributed by atoms with Crippen LogP contribution in [-0.2, 0) is 17.5 Å². The summed E-state index contributed by atoms with van der Waals surface area (Å²) in [5, 5.41) is -0.608. The van der Waals surface area contributed by atoms with E-state index in [1.807, 2.05) is 0 Å². The number of nitrogens with zero attached hydrogens (tertiary/aromatic N) is 1. The van der Waals surface area contributed by atoms with Crippen molar-refractivity contribution in [3.63, 3.8) is 0 Å². The van der Waals surface area contributed by atoms with Crippen molar-refractivity contribution in [1.29, 1.82) is 0 Å². The fourth-order valence-corrected chi connectivity index (χ4v) is 1.74. The number of fused-ring (bicyclic) bond motifs is 1. The van der Waals surface area contributed by atoms with Crippen molar-refractivity contribution in [3.8, 4) is 0 Å². The van der Waals surface area contributed by atoms with E-state index in [1.54, 1.807) is 0 Å². The number of alkyl carbamates (subject to hydrolysis) is 1. The van der Waals surface area contributed by atoms with E-state index in [9.17, 15) is 4.79 Å². The normalized spacial score (nSPS) is 33.4. The number of aromatic nitrogens is 1. The van der Waals surface area contributed by atoms with Crippen molar-refractivity contribution < 1.29 is 30.2 Å². The molecule has 1 saturated heterocycles. The van der Waals surface area contributed by atoms with Gasteiger partial charge in [0, 0.05) is 33.2 Å². The van der Waals surface area contributed by atoms with Crippen LogP contribution in [0, 0.1) is 0 Å². The van der Waals surface area contributed by atoms with E-state index >= 15 is 0 Å². The molecule has 1 aromatic carbocycles. The molecule has 1 amide bonds. The maximum absolute atomic E-state index is 11.8. The van der Waals surface area contributed by atoms with E-state index in [-0.39, 0.29) is 5.31 Å². The molecule has 1 aliphatic rings. The van der Waals surface area contributed by atoms with Gasteiger partial charge in [-0.3, -0.25) is 0 Å². The predicted molar refractivity (Wildman–Crippen MR) is 82.5 cm³/mol. The number of aryl methyl sites for hydroxylation is 1. The molecule has 2 N–H and O–H groups in total. The number of cyclic esters (lactones) is 1. The van der Waals surface area contributed by atoms with Crippen LogP contribution < -0.4 is 5.31 Å². The Morgan fingerprint density at radius 2 is 2.62 bits per heavy atom. The van der Waals surface area contributed by atoms with Crippen molar-refractivity contribution >= 4 is 17.0 Å². The maximum atomic E-state index is 11.8. The fourth-order valence-electron chi connectivity index (χ4n) is 1.74. The van der Waals surface area contributed by atoms with Crippen molar-refractivity contribution in [2.45, 2.75) is 18.8 Å². The minimum absolute atomic E-state index is 0.122. The summed E-state index contributed by atoms with van der Waals surface area (Å²) in [7, 11) is 0.960. The van der Waals surface area contributed by atoms with Crippen LogP contribution in [0.5, 0.6) is 0 Å². The fraction of sp³-hybridized carbons (Fsp3) is 0.438. The van der Waals surface area contributed by atoms with Gasteiger partial charge in [-0.2, -0.15) is 0 Å². The highest BCUT2D eigenvalue weighted by Crippen LogP contribution is 2.21. The number of hydrogen-bond donors (Lipinski definition) is 2. The van der Waals surface area contributed by atoms with Crippen LogP contribution in [0.2, 0.25) is 2.82 Å². The number of likely N-dealkylation sites (N-methyl/N-ethyl adjacent to an activating group) is 1. The SMILES string of the molecule is [2H]c1c(C([2H])([2H])[C@@H]2N([2H])C(=O)OC2([2H])[2H])c([2H])c2c(CC([2H])([2H])N(C)C([2H])([2H])[2H])c([2H])n([2H])c2c1[2H]. The van der Waals surface area contributed by atoms with Crippen LogP contribution in [0.4, 0.5) is 4.79 Å². The number of nitrogens with one attached hydrogen (secondary N) is 2. The Bertz CT molecular complexity index is 1240. The number of aromatic amines is 1. The third-order valence-corrected chi connectivity index (χ3v) is 2.66. The summed E-state index contributed by atoms with van der Waals surface area (Å²) in [6.45, 7) is -8.63. The number of amides is 1. The Morgan fingerprint density at radius 1 is 1.71 bits per heavy atom. The third-order valence-electron chi connectivity index (χ3n) is 2.66. The Labute approximate surface area is 145 Å².